The lowest BCUT2D eigenvalue weighted by atomic mass is 10.1. The first-order chi connectivity index (χ1) is 15.8. The molecule has 7 nitrogen and oxygen atoms in total. The molecule has 186 valence electrons. The molecule has 2 rings (SSSR count). The Balaban J connectivity index is 2.39. The quantitative estimate of drug-likeness (QED) is 0.524. The maximum absolute atomic E-state index is 13.4. The molecule has 0 saturated heterocycles. The Labute approximate surface area is 205 Å². The lowest BCUT2D eigenvalue weighted by molar-refractivity contribution is -0.139. The molecule has 0 aliphatic rings. The second kappa shape index (κ2) is 11.7. The van der Waals surface area contributed by atoms with Gasteiger partial charge in [0.15, 0.2) is 0 Å². The highest BCUT2D eigenvalue weighted by molar-refractivity contribution is 7.92. The second-order valence-electron chi connectivity index (χ2n) is 8.35. The third-order valence-corrected chi connectivity index (χ3v) is 7.10. The number of carbonyl (C=O) groups is 2. The summed E-state index contributed by atoms with van der Waals surface area (Å²) in [5.41, 5.74) is 1.60. The Morgan fingerprint density at radius 2 is 1.74 bits per heavy atom. The van der Waals surface area contributed by atoms with E-state index in [-0.39, 0.29) is 24.2 Å². The highest BCUT2D eigenvalue weighted by Crippen LogP contribution is 2.25. The molecule has 10 heteroatoms. The molecule has 0 fully saturated rings. The SMILES string of the molecule is CC[C@H](C)NC(=O)[C@H](C)N(Cc1ccc(F)cc1)C(=O)CN(c1ccc(C)c(Cl)c1)S(C)(=O)=O. The van der Waals surface area contributed by atoms with Gasteiger partial charge in [-0.25, -0.2) is 12.8 Å². The largest absolute Gasteiger partial charge is 0.352 e. The summed E-state index contributed by atoms with van der Waals surface area (Å²) in [6, 6.07) is 9.28. The minimum atomic E-state index is -3.85. The zero-order chi connectivity index (χ0) is 25.6. The fourth-order valence-electron chi connectivity index (χ4n) is 3.19. The first-order valence-corrected chi connectivity index (χ1v) is 13.1. The lowest BCUT2D eigenvalue weighted by Gasteiger charge is -2.32. The summed E-state index contributed by atoms with van der Waals surface area (Å²) in [5.74, 6) is -1.38. The van der Waals surface area contributed by atoms with Crippen molar-refractivity contribution in [3.05, 3.63) is 64.4 Å². The van der Waals surface area contributed by atoms with Crippen LogP contribution in [0.2, 0.25) is 5.02 Å². The normalized spacial score (nSPS) is 13.1. The van der Waals surface area contributed by atoms with Crippen molar-refractivity contribution >= 4 is 39.1 Å². The van der Waals surface area contributed by atoms with Crippen molar-refractivity contribution in [1.29, 1.82) is 0 Å². The van der Waals surface area contributed by atoms with E-state index >= 15 is 0 Å². The van der Waals surface area contributed by atoms with Crippen molar-refractivity contribution in [3.63, 3.8) is 0 Å². The van der Waals surface area contributed by atoms with Gasteiger partial charge in [0.1, 0.15) is 18.4 Å². The van der Waals surface area contributed by atoms with Crippen LogP contribution in [0.5, 0.6) is 0 Å². The van der Waals surface area contributed by atoms with Gasteiger partial charge in [0.05, 0.1) is 11.9 Å². The highest BCUT2D eigenvalue weighted by atomic mass is 35.5. The third kappa shape index (κ3) is 7.43. The molecule has 2 aromatic rings. The molecule has 0 spiro atoms. The molecule has 0 radical (unpaired) electrons. The van der Waals surface area contributed by atoms with E-state index in [4.69, 9.17) is 11.6 Å². The number of benzene rings is 2. The molecule has 0 aromatic heterocycles. The van der Waals surface area contributed by atoms with Crippen molar-refractivity contribution in [3.8, 4) is 0 Å². The standard InChI is InChI=1S/C24H31ClFN3O4S/c1-6-17(3)27-24(31)18(4)28(14-19-8-10-20(26)11-9-19)23(30)15-29(34(5,32)33)21-12-7-16(2)22(25)13-21/h7-13,17-18H,6,14-15H2,1-5H3,(H,27,31)/t17-,18-/m0/s1. The van der Waals surface area contributed by atoms with Gasteiger partial charge in [-0.05, 0) is 62.6 Å². The first-order valence-electron chi connectivity index (χ1n) is 10.9. The topological polar surface area (TPSA) is 86.8 Å². The third-order valence-electron chi connectivity index (χ3n) is 5.56. The summed E-state index contributed by atoms with van der Waals surface area (Å²) in [4.78, 5) is 27.5. The molecule has 1 N–H and O–H groups in total. The molecular formula is C24H31ClFN3O4S. The summed E-state index contributed by atoms with van der Waals surface area (Å²) < 4.78 is 39.5. The van der Waals surface area contributed by atoms with E-state index in [2.05, 4.69) is 5.32 Å². The first kappa shape index (κ1) is 27.6. The summed E-state index contributed by atoms with van der Waals surface area (Å²) >= 11 is 6.18. The van der Waals surface area contributed by atoms with Crippen molar-refractivity contribution in [2.45, 2.75) is 52.7 Å². The average Bonchev–Trinajstić information content (AvgIpc) is 2.77. The summed E-state index contributed by atoms with van der Waals surface area (Å²) in [6.45, 7) is 6.61. The van der Waals surface area contributed by atoms with Crippen LogP contribution in [0.1, 0.15) is 38.3 Å². The Hall–Kier alpha value is -2.65. The van der Waals surface area contributed by atoms with Crippen LogP contribution in [0.15, 0.2) is 42.5 Å². The van der Waals surface area contributed by atoms with Crippen LogP contribution in [-0.2, 0) is 26.2 Å². The number of nitrogens with one attached hydrogen (secondary N) is 1. The van der Waals surface area contributed by atoms with Crippen molar-refractivity contribution in [2.75, 3.05) is 17.1 Å². The lowest BCUT2D eigenvalue weighted by Crippen LogP contribution is -2.52. The van der Waals surface area contributed by atoms with Crippen LogP contribution in [-0.4, -0.2) is 50.0 Å². The van der Waals surface area contributed by atoms with Gasteiger partial charge in [-0.1, -0.05) is 36.7 Å². The highest BCUT2D eigenvalue weighted by Gasteiger charge is 2.30. The Kier molecular flexibility index (Phi) is 9.46. The van der Waals surface area contributed by atoms with Crippen LogP contribution in [0.3, 0.4) is 0 Å². The molecular weight excluding hydrogens is 481 g/mol. The van der Waals surface area contributed by atoms with E-state index in [1.165, 1.54) is 35.2 Å². The number of hydrogen-bond acceptors (Lipinski definition) is 4. The van der Waals surface area contributed by atoms with Crippen LogP contribution < -0.4 is 9.62 Å². The van der Waals surface area contributed by atoms with E-state index in [9.17, 15) is 22.4 Å². The Bertz CT molecular complexity index is 1130. The van der Waals surface area contributed by atoms with Gasteiger partial charge >= 0.3 is 0 Å². The molecule has 2 atom stereocenters. The van der Waals surface area contributed by atoms with Gasteiger partial charge in [-0.2, -0.15) is 0 Å². The van der Waals surface area contributed by atoms with Crippen LogP contribution in [0.4, 0.5) is 10.1 Å². The van der Waals surface area contributed by atoms with E-state index in [1.807, 2.05) is 13.8 Å². The maximum atomic E-state index is 13.4. The zero-order valence-corrected chi connectivity index (χ0v) is 21.6. The average molecular weight is 512 g/mol. The number of rotatable bonds is 10. The fourth-order valence-corrected chi connectivity index (χ4v) is 4.20. The minimum absolute atomic E-state index is 0.000458. The van der Waals surface area contributed by atoms with E-state index in [0.29, 0.717) is 17.0 Å². The molecule has 0 unspecified atom stereocenters. The van der Waals surface area contributed by atoms with Crippen molar-refractivity contribution in [1.82, 2.24) is 10.2 Å². The zero-order valence-electron chi connectivity index (χ0n) is 20.0. The van der Waals surface area contributed by atoms with Gasteiger partial charge in [-0.3, -0.25) is 13.9 Å². The number of sulfonamides is 1. The van der Waals surface area contributed by atoms with Crippen molar-refractivity contribution < 1.29 is 22.4 Å². The number of anilines is 1. The number of amides is 2. The number of aryl methyl sites for hydroxylation is 1. The second-order valence-corrected chi connectivity index (χ2v) is 10.7. The van der Waals surface area contributed by atoms with Gasteiger partial charge < -0.3 is 10.2 Å². The maximum Gasteiger partial charge on any atom is 0.244 e. The summed E-state index contributed by atoms with van der Waals surface area (Å²) in [7, 11) is -3.85. The molecule has 0 bridgehead atoms. The summed E-state index contributed by atoms with van der Waals surface area (Å²) in [5, 5.41) is 3.21. The van der Waals surface area contributed by atoms with E-state index in [1.54, 1.807) is 26.0 Å². The molecule has 0 aliphatic carbocycles. The summed E-state index contributed by atoms with van der Waals surface area (Å²) in [6.07, 6.45) is 1.71. The number of hydrogen-bond donors (Lipinski definition) is 1. The Morgan fingerprint density at radius 1 is 1.12 bits per heavy atom. The van der Waals surface area contributed by atoms with Gasteiger partial charge in [0, 0.05) is 17.6 Å². The van der Waals surface area contributed by atoms with Gasteiger partial charge in [0.25, 0.3) is 0 Å². The molecule has 2 aromatic carbocycles. The van der Waals surface area contributed by atoms with Gasteiger partial charge in [0.2, 0.25) is 21.8 Å². The molecule has 0 saturated carbocycles. The number of carbonyl (C=O) groups excluding carboxylic acids is 2. The van der Waals surface area contributed by atoms with Crippen LogP contribution in [0.25, 0.3) is 0 Å². The number of nitrogens with zero attached hydrogens (tertiary/aromatic N) is 2. The minimum Gasteiger partial charge on any atom is -0.352 e. The molecule has 2 amide bonds. The van der Waals surface area contributed by atoms with E-state index < -0.39 is 34.3 Å². The number of halogens is 2. The van der Waals surface area contributed by atoms with Gasteiger partial charge in [-0.15, -0.1) is 0 Å². The fraction of sp³-hybridized carbons (Fsp3) is 0.417. The smallest absolute Gasteiger partial charge is 0.244 e. The Morgan fingerprint density at radius 3 is 2.26 bits per heavy atom. The monoisotopic (exact) mass is 511 g/mol. The predicted octanol–water partition coefficient (Wildman–Crippen LogP) is 3.89. The van der Waals surface area contributed by atoms with E-state index in [0.717, 1.165) is 16.1 Å². The van der Waals surface area contributed by atoms with Crippen LogP contribution >= 0.6 is 11.6 Å². The molecule has 0 aliphatic heterocycles. The van der Waals surface area contributed by atoms with Crippen LogP contribution in [0, 0.1) is 12.7 Å². The van der Waals surface area contributed by atoms with Crippen molar-refractivity contribution in [2.24, 2.45) is 0 Å². The molecule has 34 heavy (non-hydrogen) atoms. The molecule has 0 heterocycles. The predicted molar refractivity (Wildman–Crippen MR) is 133 cm³/mol.